The Labute approximate surface area is 259 Å². The monoisotopic (exact) mass is 926 g/mol. The first-order chi connectivity index (χ1) is 20.8. The van der Waals surface area contributed by atoms with Crippen LogP contribution in [0.2, 0.25) is 0 Å². The minimum absolute atomic E-state index is 1.35. The van der Waals surface area contributed by atoms with Crippen LogP contribution in [0.3, 0.4) is 0 Å². The average molecular weight is 925 g/mol. The third-order valence-electron chi connectivity index (χ3n) is 7.80. The molecule has 0 saturated carbocycles. The minimum atomic E-state index is -3.92. The first-order valence-electron chi connectivity index (χ1n) is 14.2. The molecule has 0 atom stereocenters. The summed E-state index contributed by atoms with van der Waals surface area (Å²) in [6.45, 7) is 0. The van der Waals surface area contributed by atoms with Crippen molar-refractivity contribution in [2.75, 3.05) is 0 Å². The molecule has 0 aromatic heterocycles. The number of hydrogen-bond donors (Lipinski definition) is 0. The molecule has 42 heavy (non-hydrogen) atoms. The van der Waals surface area contributed by atoms with Gasteiger partial charge in [0.2, 0.25) is 0 Å². The van der Waals surface area contributed by atoms with E-state index in [1.165, 1.54) is 18.7 Å². The van der Waals surface area contributed by atoms with Crippen molar-refractivity contribution in [3.63, 3.8) is 0 Å². The normalized spacial score (nSPS) is 11.0. The fourth-order valence-corrected chi connectivity index (χ4v) is 35.0. The molecule has 0 nitrogen and oxygen atoms in total. The van der Waals surface area contributed by atoms with Crippen LogP contribution in [0.25, 0.3) is 0 Å². The molecular formula is C40H30Pb2. The summed E-state index contributed by atoms with van der Waals surface area (Å²) in [6.07, 6.45) is 0. The molecule has 0 heterocycles. The number of hydrogen-bond acceptors (Lipinski definition) is 0. The maximum atomic E-state index is 3.94. The van der Waals surface area contributed by atoms with Gasteiger partial charge in [-0.3, -0.25) is 0 Å². The first kappa shape index (κ1) is 28.4. The van der Waals surface area contributed by atoms with Gasteiger partial charge in [-0.1, -0.05) is 0 Å². The van der Waals surface area contributed by atoms with Gasteiger partial charge < -0.3 is 0 Å². The summed E-state index contributed by atoms with van der Waals surface area (Å²) in [7, 11) is 0. The Morgan fingerprint density at radius 2 is 0.405 bits per heavy atom. The Bertz CT molecular complexity index is 1510. The molecule has 0 N–H and O–H groups in total. The van der Waals surface area contributed by atoms with Gasteiger partial charge in [-0.2, -0.15) is 0 Å². The van der Waals surface area contributed by atoms with Crippen LogP contribution in [0.4, 0.5) is 0 Å². The molecule has 0 spiro atoms. The SMILES string of the molecule is C(C#[C][Pb]([c]1ccccc1)([c]1ccccc1)[c]1ccccc1)#[C][Pb]([c]1ccccc1)([c]1ccccc1)[c]1ccccc1. The van der Waals surface area contributed by atoms with E-state index in [-0.39, 0.29) is 0 Å². The van der Waals surface area contributed by atoms with Gasteiger partial charge in [0, 0.05) is 0 Å². The molecule has 0 fully saturated rings. The van der Waals surface area contributed by atoms with Crippen LogP contribution in [-0.2, 0) is 0 Å². The summed E-state index contributed by atoms with van der Waals surface area (Å²) in [5, 5.41) is 0. The van der Waals surface area contributed by atoms with Gasteiger partial charge in [0.1, 0.15) is 0 Å². The molecule has 0 aliphatic carbocycles. The van der Waals surface area contributed by atoms with Gasteiger partial charge in [-0.15, -0.1) is 0 Å². The zero-order valence-electron chi connectivity index (χ0n) is 23.3. The fraction of sp³-hybridized carbons (Fsp3) is 0. The molecule has 198 valence electrons. The van der Waals surface area contributed by atoms with E-state index in [0.717, 1.165) is 0 Å². The standard InChI is InChI=1S/6C6H5.C4.2Pb/c6*1-2-4-6-5-3-1;1-3-4-2;;/h6*1-5H;;;. The van der Waals surface area contributed by atoms with E-state index >= 15 is 0 Å². The molecule has 0 aliphatic heterocycles. The van der Waals surface area contributed by atoms with E-state index in [4.69, 9.17) is 0 Å². The molecule has 2 heteroatoms. The molecule has 0 bridgehead atoms. The molecular weight excluding hydrogens is 895 g/mol. The quantitative estimate of drug-likeness (QED) is 0.172. The second-order valence-corrected chi connectivity index (χ2v) is 37.3. The predicted molar refractivity (Wildman–Crippen MR) is 184 cm³/mol. The Morgan fingerprint density at radius 3 is 0.571 bits per heavy atom. The van der Waals surface area contributed by atoms with Crippen LogP contribution in [0.15, 0.2) is 182 Å². The van der Waals surface area contributed by atoms with Crippen molar-refractivity contribution in [1.29, 1.82) is 0 Å². The van der Waals surface area contributed by atoms with Crippen LogP contribution in [-0.4, -0.2) is 42.3 Å². The van der Waals surface area contributed by atoms with Crippen molar-refractivity contribution in [2.45, 2.75) is 0 Å². The fourth-order valence-electron chi connectivity index (χ4n) is 5.81. The second-order valence-electron chi connectivity index (χ2n) is 10.2. The van der Waals surface area contributed by atoms with Gasteiger partial charge in [-0.25, -0.2) is 0 Å². The van der Waals surface area contributed by atoms with Crippen molar-refractivity contribution in [2.24, 2.45) is 0 Å². The average Bonchev–Trinajstić information content (AvgIpc) is 3.09. The van der Waals surface area contributed by atoms with Crippen molar-refractivity contribution in [3.8, 4) is 18.8 Å². The van der Waals surface area contributed by atoms with Crippen molar-refractivity contribution < 1.29 is 0 Å². The maximum absolute atomic E-state index is 3.94. The van der Waals surface area contributed by atoms with Gasteiger partial charge in [-0.05, 0) is 0 Å². The van der Waals surface area contributed by atoms with Crippen LogP contribution < -0.4 is 18.7 Å². The van der Waals surface area contributed by atoms with Crippen LogP contribution in [0, 0.1) is 18.8 Å². The van der Waals surface area contributed by atoms with Crippen molar-refractivity contribution in [1.82, 2.24) is 0 Å². The Hall–Kier alpha value is -3.72. The van der Waals surface area contributed by atoms with Crippen molar-refractivity contribution >= 4 is 61.1 Å². The van der Waals surface area contributed by atoms with E-state index in [9.17, 15) is 0 Å². The van der Waals surface area contributed by atoms with E-state index < -0.39 is 42.3 Å². The summed E-state index contributed by atoms with van der Waals surface area (Å²) >= 11 is -7.84. The Kier molecular flexibility index (Phi) is 9.14. The van der Waals surface area contributed by atoms with E-state index in [0.29, 0.717) is 0 Å². The summed E-state index contributed by atoms with van der Waals surface area (Å²) in [4.78, 5) is 0. The van der Waals surface area contributed by atoms with E-state index in [1.54, 1.807) is 0 Å². The number of benzene rings is 6. The number of rotatable bonds is 6. The summed E-state index contributed by atoms with van der Waals surface area (Å²) in [5.41, 5.74) is 0. The van der Waals surface area contributed by atoms with Gasteiger partial charge in [0.15, 0.2) is 0 Å². The molecule has 0 radical (unpaired) electrons. The van der Waals surface area contributed by atoms with E-state index in [2.05, 4.69) is 201 Å². The van der Waals surface area contributed by atoms with Gasteiger partial charge in [0.05, 0.1) is 0 Å². The van der Waals surface area contributed by atoms with Crippen LogP contribution in [0.5, 0.6) is 0 Å². The third-order valence-corrected chi connectivity index (χ3v) is 39.7. The summed E-state index contributed by atoms with van der Waals surface area (Å²) in [6, 6.07) is 65.5. The van der Waals surface area contributed by atoms with Gasteiger partial charge in [0.25, 0.3) is 0 Å². The molecule has 0 amide bonds. The van der Waals surface area contributed by atoms with Crippen LogP contribution >= 0.6 is 0 Å². The molecule has 0 unspecified atom stereocenters. The topological polar surface area (TPSA) is 0 Å². The van der Waals surface area contributed by atoms with Crippen LogP contribution in [0.1, 0.15) is 0 Å². The Morgan fingerprint density at radius 1 is 0.238 bits per heavy atom. The zero-order chi connectivity index (χ0) is 28.5. The van der Waals surface area contributed by atoms with Gasteiger partial charge >= 0.3 is 262 Å². The first-order valence-corrected chi connectivity index (χ1v) is 29.8. The summed E-state index contributed by atoms with van der Waals surface area (Å²) in [5.74, 6) is 7.06. The molecule has 6 aromatic carbocycles. The predicted octanol–water partition coefficient (Wildman–Crippen LogP) is 4.41. The second kappa shape index (κ2) is 13.5. The van der Waals surface area contributed by atoms with Crippen molar-refractivity contribution in [3.05, 3.63) is 182 Å². The molecule has 0 aliphatic rings. The third kappa shape index (κ3) is 5.67. The molecule has 0 saturated heterocycles. The molecule has 6 aromatic rings. The molecule has 6 rings (SSSR count). The zero-order valence-corrected chi connectivity index (χ0v) is 31.1. The Balaban J connectivity index is 1.61. The van der Waals surface area contributed by atoms with E-state index in [1.807, 2.05) is 0 Å². The summed E-state index contributed by atoms with van der Waals surface area (Å²) < 4.78 is 16.0.